The van der Waals surface area contributed by atoms with E-state index in [-0.39, 0.29) is 0 Å². The van der Waals surface area contributed by atoms with E-state index in [2.05, 4.69) is 40.3 Å². The molecule has 0 bridgehead atoms. The fourth-order valence-corrected chi connectivity index (χ4v) is 3.29. The number of rotatable bonds is 6. The Kier molecular flexibility index (Phi) is 4.83. The van der Waals surface area contributed by atoms with Crippen molar-refractivity contribution in [3.63, 3.8) is 0 Å². The van der Waals surface area contributed by atoms with Crippen LogP contribution in [0.1, 0.15) is 29.8 Å². The summed E-state index contributed by atoms with van der Waals surface area (Å²) in [6, 6.07) is 6.66. The zero-order chi connectivity index (χ0) is 12.1. The minimum absolute atomic E-state index is 0.347. The van der Waals surface area contributed by atoms with E-state index in [1.807, 2.05) is 12.3 Å². The summed E-state index contributed by atoms with van der Waals surface area (Å²) in [7, 11) is 0. The minimum atomic E-state index is 0.347. The molecule has 1 N–H and O–H groups in total. The maximum Gasteiger partial charge on any atom is 0.0950 e. The van der Waals surface area contributed by atoms with E-state index in [9.17, 15) is 0 Å². The van der Waals surface area contributed by atoms with Gasteiger partial charge in [-0.1, -0.05) is 6.92 Å². The highest BCUT2D eigenvalue weighted by Crippen LogP contribution is 2.27. The van der Waals surface area contributed by atoms with Gasteiger partial charge in [0.15, 0.2) is 0 Å². The Bertz CT molecular complexity index is 438. The summed E-state index contributed by atoms with van der Waals surface area (Å²) in [6.45, 7) is 3.21. The molecule has 0 saturated heterocycles. The lowest BCUT2D eigenvalue weighted by Crippen LogP contribution is -2.23. The van der Waals surface area contributed by atoms with Crippen LogP contribution >= 0.6 is 27.3 Å². The zero-order valence-corrected chi connectivity index (χ0v) is 12.2. The second-order valence-corrected chi connectivity index (χ2v) is 6.52. The van der Waals surface area contributed by atoms with Gasteiger partial charge in [-0.25, -0.2) is 0 Å². The van der Waals surface area contributed by atoms with Crippen molar-refractivity contribution in [2.45, 2.75) is 25.8 Å². The normalized spacial score (nSPS) is 12.8. The molecule has 0 aromatic carbocycles. The van der Waals surface area contributed by atoms with Crippen LogP contribution in [0.4, 0.5) is 0 Å². The summed E-state index contributed by atoms with van der Waals surface area (Å²) in [5, 5.41) is 3.56. The number of thiophene rings is 1. The lowest BCUT2D eigenvalue weighted by atomic mass is 10.1. The van der Waals surface area contributed by atoms with Crippen molar-refractivity contribution in [2.75, 3.05) is 6.54 Å². The van der Waals surface area contributed by atoms with Crippen molar-refractivity contribution in [3.05, 3.63) is 45.0 Å². The van der Waals surface area contributed by atoms with Gasteiger partial charge in [-0.05, 0) is 47.1 Å². The average molecular weight is 314 g/mol. The third kappa shape index (κ3) is 3.69. The molecule has 1 unspecified atom stereocenters. The molecule has 2 rings (SSSR count). The molecule has 2 aromatic rings. The molecule has 0 aliphatic carbocycles. The number of halogens is 1. The predicted molar refractivity (Wildman–Crippen MR) is 75.5 cm³/mol. The highest BCUT2D eigenvalue weighted by Gasteiger charge is 2.13. The van der Waals surface area contributed by atoms with Gasteiger partial charge in [0.1, 0.15) is 0 Å². The molecule has 1 atom stereocenters. The van der Waals surface area contributed by atoms with E-state index in [1.165, 1.54) is 14.2 Å². The van der Waals surface area contributed by atoms with Crippen molar-refractivity contribution in [3.8, 4) is 0 Å². The Morgan fingerprint density at radius 2 is 2.29 bits per heavy atom. The van der Waals surface area contributed by atoms with Gasteiger partial charge in [-0.15, -0.1) is 11.3 Å². The van der Waals surface area contributed by atoms with Gasteiger partial charge in [0.2, 0.25) is 0 Å². The summed E-state index contributed by atoms with van der Waals surface area (Å²) < 4.78 is 6.36. The number of furan rings is 1. The monoisotopic (exact) mass is 313 g/mol. The van der Waals surface area contributed by atoms with E-state index in [4.69, 9.17) is 4.42 Å². The molecule has 0 fully saturated rings. The molecule has 2 heterocycles. The van der Waals surface area contributed by atoms with Crippen molar-refractivity contribution in [1.82, 2.24) is 5.32 Å². The number of nitrogens with one attached hydrogen (secondary N) is 1. The molecule has 4 heteroatoms. The van der Waals surface area contributed by atoms with Crippen molar-refractivity contribution in [1.29, 1.82) is 0 Å². The lowest BCUT2D eigenvalue weighted by molar-refractivity contribution is 0.514. The largest absolute Gasteiger partial charge is 0.472 e. The average Bonchev–Trinajstić information content (AvgIpc) is 2.95. The summed E-state index contributed by atoms with van der Waals surface area (Å²) in [6.07, 6.45) is 5.72. The molecule has 0 amide bonds. The van der Waals surface area contributed by atoms with Crippen LogP contribution in [-0.4, -0.2) is 6.54 Å². The maximum atomic E-state index is 5.17. The molecule has 0 aliphatic rings. The summed E-state index contributed by atoms with van der Waals surface area (Å²) in [4.78, 5) is 1.38. The summed E-state index contributed by atoms with van der Waals surface area (Å²) >= 11 is 5.30. The van der Waals surface area contributed by atoms with Crippen LogP contribution in [-0.2, 0) is 6.42 Å². The van der Waals surface area contributed by atoms with E-state index in [0.29, 0.717) is 6.04 Å². The Morgan fingerprint density at radius 1 is 1.41 bits per heavy atom. The van der Waals surface area contributed by atoms with Gasteiger partial charge in [0.25, 0.3) is 0 Å². The Balaban J connectivity index is 2.05. The van der Waals surface area contributed by atoms with E-state index < -0.39 is 0 Å². The van der Waals surface area contributed by atoms with Crippen molar-refractivity contribution in [2.24, 2.45) is 0 Å². The molecular formula is C13H16BrNOS. The van der Waals surface area contributed by atoms with Crippen molar-refractivity contribution < 1.29 is 4.42 Å². The molecule has 0 aliphatic heterocycles. The molecule has 0 saturated carbocycles. The Labute approximate surface area is 114 Å². The molecular weight excluding hydrogens is 298 g/mol. The highest BCUT2D eigenvalue weighted by atomic mass is 79.9. The van der Waals surface area contributed by atoms with Gasteiger partial charge in [-0.3, -0.25) is 0 Å². The standard InChI is InChI=1S/C13H16BrNOS/c1-2-6-15-12(10-5-7-16-9-10)8-11-3-4-13(14)17-11/h3-5,7,9,12,15H,2,6,8H2,1H3. The first kappa shape index (κ1) is 12.9. The van der Waals surface area contributed by atoms with E-state index >= 15 is 0 Å². The first-order valence-corrected chi connectivity index (χ1v) is 7.40. The van der Waals surface area contributed by atoms with E-state index in [1.54, 1.807) is 17.6 Å². The molecule has 17 heavy (non-hydrogen) atoms. The van der Waals surface area contributed by atoms with Crippen LogP contribution < -0.4 is 5.32 Å². The Hall–Kier alpha value is -0.580. The van der Waals surface area contributed by atoms with Crippen LogP contribution in [0.2, 0.25) is 0 Å². The van der Waals surface area contributed by atoms with E-state index in [0.717, 1.165) is 19.4 Å². The first-order valence-electron chi connectivity index (χ1n) is 5.79. The summed E-state index contributed by atoms with van der Waals surface area (Å²) in [5.74, 6) is 0. The maximum absolute atomic E-state index is 5.17. The SMILES string of the molecule is CCCNC(Cc1ccc(Br)s1)c1ccoc1. The topological polar surface area (TPSA) is 25.2 Å². The van der Waals surface area contributed by atoms with Crippen LogP contribution in [0.5, 0.6) is 0 Å². The first-order chi connectivity index (χ1) is 8.29. The fourth-order valence-electron chi connectivity index (χ4n) is 1.76. The quantitative estimate of drug-likeness (QED) is 0.855. The van der Waals surface area contributed by atoms with Crippen LogP contribution in [0.25, 0.3) is 0 Å². The second-order valence-electron chi connectivity index (χ2n) is 3.97. The van der Waals surface area contributed by atoms with Crippen LogP contribution in [0, 0.1) is 0 Å². The third-order valence-electron chi connectivity index (χ3n) is 2.62. The summed E-state index contributed by atoms with van der Waals surface area (Å²) in [5.41, 5.74) is 1.22. The van der Waals surface area contributed by atoms with Gasteiger partial charge >= 0.3 is 0 Å². The van der Waals surface area contributed by atoms with Gasteiger partial charge in [-0.2, -0.15) is 0 Å². The molecule has 0 radical (unpaired) electrons. The molecule has 2 nitrogen and oxygen atoms in total. The Morgan fingerprint density at radius 3 is 2.88 bits per heavy atom. The lowest BCUT2D eigenvalue weighted by Gasteiger charge is -2.16. The van der Waals surface area contributed by atoms with Gasteiger partial charge < -0.3 is 9.73 Å². The molecule has 0 spiro atoms. The zero-order valence-electron chi connectivity index (χ0n) is 9.78. The number of hydrogen-bond donors (Lipinski definition) is 1. The van der Waals surface area contributed by atoms with Gasteiger partial charge in [0, 0.05) is 22.9 Å². The highest BCUT2D eigenvalue weighted by molar-refractivity contribution is 9.11. The fraction of sp³-hybridized carbons (Fsp3) is 0.385. The molecule has 2 aromatic heterocycles. The van der Waals surface area contributed by atoms with Crippen LogP contribution in [0.15, 0.2) is 38.9 Å². The predicted octanol–water partition coefficient (Wildman–Crippen LogP) is 4.39. The molecule has 92 valence electrons. The smallest absolute Gasteiger partial charge is 0.0950 e. The van der Waals surface area contributed by atoms with Crippen LogP contribution in [0.3, 0.4) is 0 Å². The second kappa shape index (κ2) is 6.38. The third-order valence-corrected chi connectivity index (χ3v) is 4.27. The minimum Gasteiger partial charge on any atom is -0.472 e. The van der Waals surface area contributed by atoms with Gasteiger partial charge in [0.05, 0.1) is 16.3 Å². The van der Waals surface area contributed by atoms with Crippen molar-refractivity contribution >= 4 is 27.3 Å². The number of hydrogen-bond acceptors (Lipinski definition) is 3.